The minimum absolute atomic E-state index is 0.179. The summed E-state index contributed by atoms with van der Waals surface area (Å²) in [5.41, 5.74) is 5.42. The van der Waals surface area contributed by atoms with Crippen LogP contribution in [0.3, 0.4) is 0 Å². The van der Waals surface area contributed by atoms with Crippen molar-refractivity contribution in [1.29, 1.82) is 0 Å². The van der Waals surface area contributed by atoms with E-state index in [-0.39, 0.29) is 5.91 Å². The van der Waals surface area contributed by atoms with Gasteiger partial charge >= 0.3 is 0 Å². The van der Waals surface area contributed by atoms with E-state index in [9.17, 15) is 4.79 Å². The number of amides is 1. The molecule has 0 aliphatic rings. The number of carbonyl (C=O) groups is 1. The van der Waals surface area contributed by atoms with Crippen molar-refractivity contribution in [1.82, 2.24) is 4.98 Å². The van der Waals surface area contributed by atoms with Gasteiger partial charge in [-0.05, 0) is 54.3 Å². The molecular formula is C22H23N3O. The van der Waals surface area contributed by atoms with E-state index >= 15 is 0 Å². The van der Waals surface area contributed by atoms with Gasteiger partial charge in [-0.3, -0.25) is 9.78 Å². The Morgan fingerprint density at radius 3 is 2.38 bits per heavy atom. The number of carbonyl (C=O) groups excluding carboxylic acids is 1. The summed E-state index contributed by atoms with van der Waals surface area (Å²) in [5, 5.41) is 6.20. The summed E-state index contributed by atoms with van der Waals surface area (Å²) < 4.78 is 0. The first-order valence-corrected chi connectivity index (χ1v) is 8.71. The topological polar surface area (TPSA) is 54.0 Å². The lowest BCUT2D eigenvalue weighted by Crippen LogP contribution is -2.12. The van der Waals surface area contributed by atoms with Crippen LogP contribution in [0.2, 0.25) is 0 Å². The predicted octanol–water partition coefficient (Wildman–Crippen LogP) is 5.51. The van der Waals surface area contributed by atoms with Crippen LogP contribution in [0, 0.1) is 6.92 Å². The molecule has 0 aliphatic carbocycles. The molecule has 3 aromatic rings. The first-order chi connectivity index (χ1) is 12.5. The zero-order chi connectivity index (χ0) is 18.5. The van der Waals surface area contributed by atoms with Gasteiger partial charge in [0.2, 0.25) is 0 Å². The number of hydrogen-bond donors (Lipinski definition) is 2. The number of nitrogens with one attached hydrogen (secondary N) is 2. The molecule has 1 aromatic heterocycles. The number of pyridine rings is 1. The molecule has 2 N–H and O–H groups in total. The zero-order valence-electron chi connectivity index (χ0n) is 15.3. The lowest BCUT2D eigenvalue weighted by molar-refractivity contribution is 0.102. The van der Waals surface area contributed by atoms with Crippen molar-refractivity contribution in [2.75, 3.05) is 10.6 Å². The highest BCUT2D eigenvalue weighted by atomic mass is 16.1. The van der Waals surface area contributed by atoms with Gasteiger partial charge < -0.3 is 10.6 Å². The number of hydrogen-bond acceptors (Lipinski definition) is 3. The molecule has 132 valence electrons. The maximum Gasteiger partial charge on any atom is 0.257 e. The Kier molecular flexibility index (Phi) is 5.32. The van der Waals surface area contributed by atoms with E-state index in [0.717, 1.165) is 22.6 Å². The number of aryl methyl sites for hydroxylation is 1. The third-order valence-corrected chi connectivity index (χ3v) is 4.14. The Balaban J connectivity index is 1.72. The van der Waals surface area contributed by atoms with E-state index < -0.39 is 0 Å². The smallest absolute Gasteiger partial charge is 0.257 e. The van der Waals surface area contributed by atoms with Crippen LogP contribution in [0.4, 0.5) is 17.1 Å². The average Bonchev–Trinajstić information content (AvgIpc) is 2.62. The van der Waals surface area contributed by atoms with Crippen molar-refractivity contribution >= 4 is 23.0 Å². The molecule has 1 amide bonds. The number of aromatic nitrogens is 1. The fourth-order valence-corrected chi connectivity index (χ4v) is 2.68. The Morgan fingerprint density at radius 1 is 0.923 bits per heavy atom. The van der Waals surface area contributed by atoms with E-state index in [4.69, 9.17) is 0 Å². The number of rotatable bonds is 5. The highest BCUT2D eigenvalue weighted by Gasteiger charge is 2.08. The van der Waals surface area contributed by atoms with Crippen molar-refractivity contribution in [3.63, 3.8) is 0 Å². The van der Waals surface area contributed by atoms with E-state index in [2.05, 4.69) is 41.6 Å². The minimum atomic E-state index is -0.179. The second kappa shape index (κ2) is 7.83. The summed E-state index contributed by atoms with van der Waals surface area (Å²) in [5.74, 6) is 0.321. The molecule has 3 rings (SSSR count). The lowest BCUT2D eigenvalue weighted by atomic mass is 10.0. The molecule has 0 bridgehead atoms. The number of benzene rings is 2. The molecule has 1 heterocycles. The van der Waals surface area contributed by atoms with Gasteiger partial charge in [-0.25, -0.2) is 0 Å². The summed E-state index contributed by atoms with van der Waals surface area (Å²) >= 11 is 0. The van der Waals surface area contributed by atoms with E-state index in [1.54, 1.807) is 18.5 Å². The second-order valence-electron chi connectivity index (χ2n) is 6.69. The van der Waals surface area contributed by atoms with Crippen LogP contribution in [-0.2, 0) is 0 Å². The monoisotopic (exact) mass is 345 g/mol. The van der Waals surface area contributed by atoms with Crippen molar-refractivity contribution in [3.8, 4) is 0 Å². The molecule has 0 fully saturated rings. The van der Waals surface area contributed by atoms with Crippen LogP contribution in [-0.4, -0.2) is 10.9 Å². The third kappa shape index (κ3) is 4.48. The molecular weight excluding hydrogens is 322 g/mol. The van der Waals surface area contributed by atoms with Gasteiger partial charge in [0.05, 0.1) is 17.4 Å². The van der Waals surface area contributed by atoms with E-state index in [0.29, 0.717) is 11.5 Å². The van der Waals surface area contributed by atoms with Crippen LogP contribution in [0.1, 0.15) is 41.3 Å². The van der Waals surface area contributed by atoms with E-state index in [1.165, 1.54) is 5.56 Å². The van der Waals surface area contributed by atoms with Gasteiger partial charge in [-0.15, -0.1) is 0 Å². The average molecular weight is 345 g/mol. The molecule has 0 saturated heterocycles. The Bertz CT molecular complexity index is 901. The Morgan fingerprint density at radius 2 is 1.69 bits per heavy atom. The molecule has 0 aliphatic heterocycles. The fraction of sp³-hybridized carbons (Fsp3) is 0.182. The van der Waals surface area contributed by atoms with Crippen LogP contribution < -0.4 is 10.6 Å². The summed E-state index contributed by atoms with van der Waals surface area (Å²) in [7, 11) is 0. The van der Waals surface area contributed by atoms with Gasteiger partial charge in [0.25, 0.3) is 5.91 Å². The quantitative estimate of drug-likeness (QED) is 0.641. The Hall–Kier alpha value is -3.14. The van der Waals surface area contributed by atoms with Crippen molar-refractivity contribution in [2.24, 2.45) is 0 Å². The van der Waals surface area contributed by atoms with Gasteiger partial charge in [0.15, 0.2) is 0 Å². The summed E-state index contributed by atoms with van der Waals surface area (Å²) in [6, 6.07) is 17.8. The van der Waals surface area contributed by atoms with Gasteiger partial charge in [0.1, 0.15) is 0 Å². The molecule has 4 heteroatoms. The fourth-order valence-electron chi connectivity index (χ4n) is 2.68. The van der Waals surface area contributed by atoms with Crippen LogP contribution in [0.15, 0.2) is 67.0 Å². The predicted molar refractivity (Wildman–Crippen MR) is 107 cm³/mol. The molecule has 26 heavy (non-hydrogen) atoms. The SMILES string of the molecule is Cc1cccc(NC(=O)c2cncc(Nc3ccc(C(C)C)cc3)c2)c1. The van der Waals surface area contributed by atoms with Crippen molar-refractivity contribution in [2.45, 2.75) is 26.7 Å². The molecule has 0 radical (unpaired) electrons. The standard InChI is InChI=1S/C22H23N3O/c1-15(2)17-7-9-19(10-8-17)24-21-12-18(13-23-14-21)22(26)25-20-6-4-5-16(3)11-20/h4-15,24H,1-3H3,(H,25,26). The normalized spacial score (nSPS) is 10.6. The molecule has 0 saturated carbocycles. The molecule has 2 aromatic carbocycles. The summed E-state index contributed by atoms with van der Waals surface area (Å²) in [4.78, 5) is 16.7. The first-order valence-electron chi connectivity index (χ1n) is 8.71. The second-order valence-corrected chi connectivity index (χ2v) is 6.69. The van der Waals surface area contributed by atoms with E-state index in [1.807, 2.05) is 43.3 Å². The maximum atomic E-state index is 12.5. The molecule has 4 nitrogen and oxygen atoms in total. The summed E-state index contributed by atoms with van der Waals surface area (Å²) in [6.07, 6.45) is 3.28. The maximum absolute atomic E-state index is 12.5. The van der Waals surface area contributed by atoms with Gasteiger partial charge in [0, 0.05) is 17.6 Å². The Labute approximate surface area is 154 Å². The zero-order valence-corrected chi connectivity index (χ0v) is 15.3. The number of nitrogens with zero attached hydrogens (tertiary/aromatic N) is 1. The highest BCUT2D eigenvalue weighted by Crippen LogP contribution is 2.21. The highest BCUT2D eigenvalue weighted by molar-refractivity contribution is 6.04. The van der Waals surface area contributed by atoms with Crippen LogP contribution in [0.25, 0.3) is 0 Å². The van der Waals surface area contributed by atoms with Crippen molar-refractivity contribution in [3.05, 3.63) is 83.7 Å². The third-order valence-electron chi connectivity index (χ3n) is 4.14. The largest absolute Gasteiger partial charge is 0.354 e. The lowest BCUT2D eigenvalue weighted by Gasteiger charge is -2.10. The van der Waals surface area contributed by atoms with Gasteiger partial charge in [-0.2, -0.15) is 0 Å². The molecule has 0 atom stereocenters. The summed E-state index contributed by atoms with van der Waals surface area (Å²) in [6.45, 7) is 6.33. The molecule has 0 unspecified atom stereocenters. The van der Waals surface area contributed by atoms with Crippen LogP contribution >= 0.6 is 0 Å². The van der Waals surface area contributed by atoms with Crippen LogP contribution in [0.5, 0.6) is 0 Å². The first kappa shape index (κ1) is 17.7. The van der Waals surface area contributed by atoms with Crippen molar-refractivity contribution < 1.29 is 4.79 Å². The molecule has 0 spiro atoms. The number of anilines is 3. The minimum Gasteiger partial charge on any atom is -0.354 e. The van der Waals surface area contributed by atoms with Gasteiger partial charge in [-0.1, -0.05) is 38.1 Å².